The number of nitrogens with zero attached hydrogens (tertiary/aromatic N) is 4. The molecule has 1 atom stereocenters. The van der Waals surface area contributed by atoms with Crippen LogP contribution >= 0.6 is 0 Å². The quantitative estimate of drug-likeness (QED) is 0.389. The number of aliphatic imine (C=N–C) groups is 1. The summed E-state index contributed by atoms with van der Waals surface area (Å²) in [6.07, 6.45) is 5.00. The van der Waals surface area contributed by atoms with Crippen molar-refractivity contribution in [2.75, 3.05) is 70.9 Å². The third-order valence-corrected chi connectivity index (χ3v) is 6.25. The van der Waals surface area contributed by atoms with Crippen molar-refractivity contribution in [2.24, 2.45) is 4.99 Å². The molecule has 0 aliphatic carbocycles. The van der Waals surface area contributed by atoms with E-state index in [-0.39, 0.29) is 6.04 Å². The molecule has 1 aromatic carbocycles. The van der Waals surface area contributed by atoms with Gasteiger partial charge >= 0.3 is 0 Å². The maximum absolute atomic E-state index is 4.85. The lowest BCUT2D eigenvalue weighted by molar-refractivity contribution is 0.275. The van der Waals surface area contributed by atoms with Gasteiger partial charge in [0, 0.05) is 45.0 Å². The molecule has 168 valence electrons. The van der Waals surface area contributed by atoms with Gasteiger partial charge in [-0.3, -0.25) is 4.99 Å². The Morgan fingerprint density at radius 3 is 2.70 bits per heavy atom. The zero-order valence-corrected chi connectivity index (χ0v) is 19.4. The van der Waals surface area contributed by atoms with Crippen LogP contribution < -0.4 is 15.5 Å². The second-order valence-corrected chi connectivity index (χ2v) is 8.77. The summed E-state index contributed by atoms with van der Waals surface area (Å²) >= 11 is 0. The summed E-state index contributed by atoms with van der Waals surface area (Å²) in [4.78, 5) is 12.4. The molecule has 3 rings (SSSR count). The van der Waals surface area contributed by atoms with E-state index >= 15 is 0 Å². The standard InChI is InChI=1S/C24H42N6/c1-4-25-24(26-12-8-14-29-15-9-13-28(3)18-19-29)27-21(2)22-10-7-11-23(20-22)30-16-5-6-17-30/h7,10-11,20-21H,4-6,8-9,12-19H2,1-3H3,(H2,25,26,27). The first-order chi connectivity index (χ1) is 14.7. The molecule has 6 heteroatoms. The Bertz CT molecular complexity index is 655. The fourth-order valence-corrected chi connectivity index (χ4v) is 4.38. The Balaban J connectivity index is 1.49. The minimum Gasteiger partial charge on any atom is -0.372 e. The average Bonchev–Trinajstić information content (AvgIpc) is 3.21. The van der Waals surface area contributed by atoms with E-state index in [2.05, 4.69) is 70.5 Å². The summed E-state index contributed by atoms with van der Waals surface area (Å²) < 4.78 is 0. The predicted octanol–water partition coefficient (Wildman–Crippen LogP) is 2.93. The van der Waals surface area contributed by atoms with Crippen molar-refractivity contribution < 1.29 is 0 Å². The highest BCUT2D eigenvalue weighted by Crippen LogP contribution is 2.23. The fraction of sp³-hybridized carbons (Fsp3) is 0.708. The number of hydrogen-bond donors (Lipinski definition) is 2. The van der Waals surface area contributed by atoms with E-state index in [1.807, 2.05) is 0 Å². The van der Waals surface area contributed by atoms with E-state index < -0.39 is 0 Å². The predicted molar refractivity (Wildman–Crippen MR) is 129 cm³/mol. The Labute approximate surface area is 183 Å². The van der Waals surface area contributed by atoms with Crippen LogP contribution in [0.2, 0.25) is 0 Å². The third kappa shape index (κ3) is 7.17. The molecule has 0 aromatic heterocycles. The highest BCUT2D eigenvalue weighted by atomic mass is 15.2. The zero-order chi connectivity index (χ0) is 21.2. The SMILES string of the molecule is CCNC(=NCCCN1CCCN(C)CC1)NC(C)c1cccc(N2CCCC2)c1. The minimum absolute atomic E-state index is 0.228. The molecule has 2 aliphatic rings. The van der Waals surface area contributed by atoms with Gasteiger partial charge in [-0.1, -0.05) is 12.1 Å². The van der Waals surface area contributed by atoms with E-state index in [4.69, 9.17) is 4.99 Å². The lowest BCUT2D eigenvalue weighted by atomic mass is 10.1. The molecule has 0 amide bonds. The summed E-state index contributed by atoms with van der Waals surface area (Å²) in [7, 11) is 2.23. The van der Waals surface area contributed by atoms with Gasteiger partial charge in [-0.25, -0.2) is 0 Å². The van der Waals surface area contributed by atoms with E-state index in [1.165, 1.54) is 69.8 Å². The number of likely N-dealkylation sites (N-methyl/N-ethyl adjacent to an activating group) is 1. The normalized spacial score (nSPS) is 20.2. The smallest absolute Gasteiger partial charge is 0.191 e. The molecule has 1 aromatic rings. The summed E-state index contributed by atoms with van der Waals surface area (Å²) in [6, 6.07) is 9.21. The first-order valence-corrected chi connectivity index (χ1v) is 12.0. The molecular weight excluding hydrogens is 372 g/mol. The average molecular weight is 415 g/mol. The third-order valence-electron chi connectivity index (χ3n) is 6.25. The Hall–Kier alpha value is -1.79. The molecule has 2 aliphatic heterocycles. The van der Waals surface area contributed by atoms with Crippen LogP contribution in [0.25, 0.3) is 0 Å². The molecule has 0 saturated carbocycles. The van der Waals surface area contributed by atoms with Gasteiger partial charge in [0.05, 0.1) is 6.04 Å². The number of guanidine groups is 1. The van der Waals surface area contributed by atoms with Gasteiger partial charge in [-0.15, -0.1) is 0 Å². The molecule has 2 fully saturated rings. The molecule has 1 unspecified atom stereocenters. The number of nitrogens with one attached hydrogen (secondary N) is 2. The molecule has 2 saturated heterocycles. The molecular formula is C24H42N6. The molecule has 0 spiro atoms. The number of benzene rings is 1. The molecule has 0 radical (unpaired) electrons. The van der Waals surface area contributed by atoms with E-state index in [1.54, 1.807) is 0 Å². The van der Waals surface area contributed by atoms with Gasteiger partial charge in [-0.2, -0.15) is 0 Å². The fourth-order valence-electron chi connectivity index (χ4n) is 4.38. The largest absolute Gasteiger partial charge is 0.372 e. The van der Waals surface area contributed by atoms with Gasteiger partial charge in [0.25, 0.3) is 0 Å². The topological polar surface area (TPSA) is 46.1 Å². The van der Waals surface area contributed by atoms with Crippen molar-refractivity contribution in [1.29, 1.82) is 0 Å². The second kappa shape index (κ2) is 12.2. The van der Waals surface area contributed by atoms with Crippen molar-refractivity contribution in [3.05, 3.63) is 29.8 Å². The first-order valence-electron chi connectivity index (χ1n) is 12.0. The van der Waals surface area contributed by atoms with Crippen molar-refractivity contribution in [2.45, 2.75) is 45.6 Å². The van der Waals surface area contributed by atoms with Gasteiger partial charge in [0.2, 0.25) is 0 Å². The maximum atomic E-state index is 4.85. The highest BCUT2D eigenvalue weighted by molar-refractivity contribution is 5.80. The monoisotopic (exact) mass is 414 g/mol. The molecule has 2 N–H and O–H groups in total. The van der Waals surface area contributed by atoms with Crippen LogP contribution in [0.1, 0.15) is 51.1 Å². The first kappa shape index (κ1) is 22.9. The lowest BCUT2D eigenvalue weighted by Gasteiger charge is -2.22. The zero-order valence-electron chi connectivity index (χ0n) is 19.4. The molecule has 6 nitrogen and oxygen atoms in total. The summed E-state index contributed by atoms with van der Waals surface area (Å²) in [5, 5.41) is 7.02. The van der Waals surface area contributed by atoms with Gasteiger partial charge in [0.1, 0.15) is 0 Å². The lowest BCUT2D eigenvalue weighted by Crippen LogP contribution is -2.39. The Morgan fingerprint density at radius 2 is 1.90 bits per heavy atom. The van der Waals surface area contributed by atoms with Crippen LogP contribution in [0.3, 0.4) is 0 Å². The van der Waals surface area contributed by atoms with Crippen LogP contribution in [0.4, 0.5) is 5.69 Å². The van der Waals surface area contributed by atoms with Crippen molar-refractivity contribution >= 4 is 11.6 Å². The Morgan fingerprint density at radius 1 is 1.07 bits per heavy atom. The Kier molecular flexibility index (Phi) is 9.27. The van der Waals surface area contributed by atoms with Crippen LogP contribution in [-0.4, -0.2) is 81.7 Å². The minimum atomic E-state index is 0.228. The van der Waals surface area contributed by atoms with Crippen LogP contribution in [-0.2, 0) is 0 Å². The number of anilines is 1. The highest BCUT2D eigenvalue weighted by Gasteiger charge is 2.15. The molecule has 30 heavy (non-hydrogen) atoms. The van der Waals surface area contributed by atoms with Crippen LogP contribution in [0.5, 0.6) is 0 Å². The summed E-state index contributed by atoms with van der Waals surface area (Å²) in [5.41, 5.74) is 2.67. The van der Waals surface area contributed by atoms with Crippen molar-refractivity contribution in [3.63, 3.8) is 0 Å². The van der Waals surface area contributed by atoms with E-state index in [9.17, 15) is 0 Å². The van der Waals surface area contributed by atoms with E-state index in [0.29, 0.717) is 0 Å². The van der Waals surface area contributed by atoms with Gasteiger partial charge < -0.3 is 25.3 Å². The van der Waals surface area contributed by atoms with E-state index in [0.717, 1.165) is 32.0 Å². The number of rotatable bonds is 8. The van der Waals surface area contributed by atoms with Crippen LogP contribution in [0, 0.1) is 0 Å². The van der Waals surface area contributed by atoms with Crippen molar-refractivity contribution in [3.8, 4) is 0 Å². The molecule has 0 bridgehead atoms. The van der Waals surface area contributed by atoms with Gasteiger partial charge in [-0.05, 0) is 83.9 Å². The molecule has 2 heterocycles. The van der Waals surface area contributed by atoms with Gasteiger partial charge in [0.15, 0.2) is 5.96 Å². The maximum Gasteiger partial charge on any atom is 0.191 e. The summed E-state index contributed by atoms with van der Waals surface area (Å²) in [6.45, 7) is 14.4. The summed E-state index contributed by atoms with van der Waals surface area (Å²) in [5.74, 6) is 0.923. The van der Waals surface area contributed by atoms with Crippen molar-refractivity contribution in [1.82, 2.24) is 20.4 Å². The van der Waals surface area contributed by atoms with Crippen LogP contribution in [0.15, 0.2) is 29.3 Å². The second-order valence-electron chi connectivity index (χ2n) is 8.77. The number of hydrogen-bond acceptors (Lipinski definition) is 4.